The zero-order chi connectivity index (χ0) is 17.3. The Labute approximate surface area is 163 Å². The summed E-state index contributed by atoms with van der Waals surface area (Å²) in [6, 6.07) is 18.0. The van der Waals surface area contributed by atoms with Crippen molar-refractivity contribution >= 4 is 40.3 Å². The maximum absolute atomic E-state index is 6.06. The zero-order valence-electron chi connectivity index (χ0n) is 14.7. The summed E-state index contributed by atoms with van der Waals surface area (Å²) in [5, 5.41) is 4.43. The SMILES string of the molecule is Cl.c1ccc(-c2nc(NCC3CCCO3)c3oc4ccccc4c3n2)cc1. The van der Waals surface area contributed by atoms with Crippen molar-refractivity contribution in [1.82, 2.24) is 9.97 Å². The predicted octanol–water partition coefficient (Wildman–Crippen LogP) is 5.06. The van der Waals surface area contributed by atoms with Crippen LogP contribution < -0.4 is 5.32 Å². The maximum atomic E-state index is 6.06. The number of fused-ring (bicyclic) bond motifs is 3. The molecule has 0 aliphatic carbocycles. The number of benzene rings is 2. The second-order valence-electron chi connectivity index (χ2n) is 6.55. The number of hydrogen-bond acceptors (Lipinski definition) is 5. The Morgan fingerprint density at radius 2 is 1.81 bits per heavy atom. The number of aromatic nitrogens is 2. The van der Waals surface area contributed by atoms with Gasteiger partial charge in [0.25, 0.3) is 0 Å². The minimum Gasteiger partial charge on any atom is -0.450 e. The molecule has 1 N–H and O–H groups in total. The monoisotopic (exact) mass is 381 g/mol. The molecular formula is C21H20ClN3O2. The molecular weight excluding hydrogens is 362 g/mol. The number of rotatable bonds is 4. The molecule has 0 bridgehead atoms. The van der Waals surface area contributed by atoms with Crippen LogP contribution in [0.25, 0.3) is 33.5 Å². The molecule has 0 amide bonds. The highest BCUT2D eigenvalue weighted by Crippen LogP contribution is 2.33. The summed E-state index contributed by atoms with van der Waals surface area (Å²) < 4.78 is 11.8. The summed E-state index contributed by atoms with van der Waals surface area (Å²) in [6.45, 7) is 1.56. The topological polar surface area (TPSA) is 60.2 Å². The number of nitrogens with one attached hydrogen (secondary N) is 1. The molecule has 5 nitrogen and oxygen atoms in total. The van der Waals surface area contributed by atoms with Crippen molar-refractivity contribution in [2.45, 2.75) is 18.9 Å². The van der Waals surface area contributed by atoms with Crippen molar-refractivity contribution in [1.29, 1.82) is 0 Å². The van der Waals surface area contributed by atoms with Gasteiger partial charge in [-0.1, -0.05) is 42.5 Å². The molecule has 5 rings (SSSR count). The third-order valence-corrected chi connectivity index (χ3v) is 4.77. The molecule has 4 aromatic rings. The summed E-state index contributed by atoms with van der Waals surface area (Å²) in [4.78, 5) is 9.55. The van der Waals surface area contributed by atoms with Crippen molar-refractivity contribution < 1.29 is 9.15 Å². The number of nitrogens with zero attached hydrogens (tertiary/aromatic N) is 2. The normalized spacial score (nSPS) is 16.5. The van der Waals surface area contributed by atoms with E-state index in [1.807, 2.05) is 54.6 Å². The predicted molar refractivity (Wildman–Crippen MR) is 109 cm³/mol. The van der Waals surface area contributed by atoms with E-state index in [1.54, 1.807) is 0 Å². The minimum atomic E-state index is 0. The van der Waals surface area contributed by atoms with Gasteiger partial charge in [-0.15, -0.1) is 12.4 Å². The number of furan rings is 1. The van der Waals surface area contributed by atoms with Gasteiger partial charge in [0.05, 0.1) is 6.10 Å². The van der Waals surface area contributed by atoms with E-state index in [2.05, 4.69) is 5.32 Å². The van der Waals surface area contributed by atoms with E-state index < -0.39 is 0 Å². The Balaban J connectivity index is 0.00000180. The Morgan fingerprint density at radius 1 is 1.00 bits per heavy atom. The molecule has 0 spiro atoms. The van der Waals surface area contributed by atoms with E-state index in [-0.39, 0.29) is 18.5 Å². The summed E-state index contributed by atoms with van der Waals surface area (Å²) >= 11 is 0. The molecule has 1 atom stereocenters. The van der Waals surface area contributed by atoms with Crippen LogP contribution in [0, 0.1) is 0 Å². The van der Waals surface area contributed by atoms with Crippen LogP contribution in [-0.2, 0) is 4.74 Å². The van der Waals surface area contributed by atoms with E-state index in [0.29, 0.717) is 11.4 Å². The van der Waals surface area contributed by atoms with Gasteiger partial charge in [-0.05, 0) is 25.0 Å². The van der Waals surface area contributed by atoms with Crippen molar-refractivity contribution in [2.24, 2.45) is 0 Å². The van der Waals surface area contributed by atoms with Crippen LogP contribution in [0.5, 0.6) is 0 Å². The fourth-order valence-corrected chi connectivity index (χ4v) is 3.44. The number of anilines is 1. The summed E-state index contributed by atoms with van der Waals surface area (Å²) in [7, 11) is 0. The third-order valence-electron chi connectivity index (χ3n) is 4.77. The second-order valence-corrected chi connectivity index (χ2v) is 6.55. The molecule has 6 heteroatoms. The first-order valence-electron chi connectivity index (χ1n) is 8.99. The molecule has 2 aromatic carbocycles. The van der Waals surface area contributed by atoms with Crippen molar-refractivity contribution in [2.75, 3.05) is 18.5 Å². The first-order valence-corrected chi connectivity index (χ1v) is 8.99. The first-order chi connectivity index (χ1) is 12.9. The average Bonchev–Trinajstić information content (AvgIpc) is 3.34. The molecule has 138 valence electrons. The van der Waals surface area contributed by atoms with E-state index in [0.717, 1.165) is 53.9 Å². The lowest BCUT2D eigenvalue weighted by Gasteiger charge is -2.12. The molecule has 1 fully saturated rings. The fraction of sp³-hybridized carbons (Fsp3) is 0.238. The van der Waals surface area contributed by atoms with E-state index in [4.69, 9.17) is 19.1 Å². The minimum absolute atomic E-state index is 0. The Bertz CT molecular complexity index is 1060. The average molecular weight is 382 g/mol. The molecule has 27 heavy (non-hydrogen) atoms. The van der Waals surface area contributed by atoms with Crippen LogP contribution in [0.4, 0.5) is 5.82 Å². The summed E-state index contributed by atoms with van der Waals surface area (Å²) in [5.74, 6) is 1.42. The standard InChI is InChI=1S/C21H19N3O2.ClH/c1-2-7-14(8-3-1)20-23-18-16-10-4-5-11-17(16)26-19(18)21(24-20)22-13-15-9-6-12-25-15;/h1-5,7-8,10-11,15H,6,9,12-13H2,(H,22,23,24);1H. The van der Waals surface area contributed by atoms with Crippen molar-refractivity contribution in [3.63, 3.8) is 0 Å². The molecule has 1 unspecified atom stereocenters. The summed E-state index contributed by atoms with van der Waals surface area (Å²) in [5.41, 5.74) is 3.34. The maximum Gasteiger partial charge on any atom is 0.196 e. The second kappa shape index (κ2) is 7.55. The van der Waals surface area contributed by atoms with Gasteiger partial charge in [0.15, 0.2) is 17.2 Å². The number of ether oxygens (including phenoxy) is 1. The van der Waals surface area contributed by atoms with Gasteiger partial charge in [0.1, 0.15) is 11.1 Å². The fourth-order valence-electron chi connectivity index (χ4n) is 3.44. The van der Waals surface area contributed by atoms with Crippen LogP contribution in [0.2, 0.25) is 0 Å². The van der Waals surface area contributed by atoms with E-state index >= 15 is 0 Å². The van der Waals surface area contributed by atoms with Crippen LogP contribution in [0.15, 0.2) is 59.0 Å². The Morgan fingerprint density at radius 3 is 2.63 bits per heavy atom. The molecule has 2 aromatic heterocycles. The van der Waals surface area contributed by atoms with Crippen LogP contribution in [0.3, 0.4) is 0 Å². The third kappa shape index (κ3) is 3.36. The van der Waals surface area contributed by atoms with Crippen LogP contribution in [0.1, 0.15) is 12.8 Å². The zero-order valence-corrected chi connectivity index (χ0v) is 15.5. The van der Waals surface area contributed by atoms with Crippen LogP contribution >= 0.6 is 12.4 Å². The molecule has 1 aliphatic heterocycles. The van der Waals surface area contributed by atoms with Crippen LogP contribution in [-0.4, -0.2) is 29.2 Å². The lowest BCUT2D eigenvalue weighted by molar-refractivity contribution is 0.120. The van der Waals surface area contributed by atoms with Gasteiger partial charge in [-0.2, -0.15) is 0 Å². The molecule has 3 heterocycles. The van der Waals surface area contributed by atoms with Gasteiger partial charge < -0.3 is 14.5 Å². The van der Waals surface area contributed by atoms with Gasteiger partial charge in [0, 0.05) is 24.1 Å². The van der Waals surface area contributed by atoms with E-state index in [9.17, 15) is 0 Å². The first kappa shape index (κ1) is 17.8. The lowest BCUT2D eigenvalue weighted by atomic mass is 10.2. The van der Waals surface area contributed by atoms with Gasteiger partial charge in [-0.25, -0.2) is 9.97 Å². The molecule has 1 aliphatic rings. The molecule has 0 radical (unpaired) electrons. The van der Waals surface area contributed by atoms with Gasteiger partial charge in [0.2, 0.25) is 0 Å². The Hall–Kier alpha value is -2.63. The quantitative estimate of drug-likeness (QED) is 0.535. The van der Waals surface area contributed by atoms with Crippen molar-refractivity contribution in [3.8, 4) is 11.4 Å². The Kier molecular flexibility index (Phi) is 4.97. The highest BCUT2D eigenvalue weighted by atomic mass is 35.5. The van der Waals surface area contributed by atoms with Gasteiger partial charge in [-0.3, -0.25) is 0 Å². The number of halogens is 1. The highest BCUT2D eigenvalue weighted by molar-refractivity contribution is 6.06. The van der Waals surface area contributed by atoms with E-state index in [1.165, 1.54) is 0 Å². The number of hydrogen-bond donors (Lipinski definition) is 1. The highest BCUT2D eigenvalue weighted by Gasteiger charge is 2.19. The largest absolute Gasteiger partial charge is 0.450 e. The smallest absolute Gasteiger partial charge is 0.196 e. The molecule has 1 saturated heterocycles. The molecule has 0 saturated carbocycles. The van der Waals surface area contributed by atoms with Gasteiger partial charge >= 0.3 is 0 Å². The number of para-hydroxylation sites is 1. The summed E-state index contributed by atoms with van der Waals surface area (Å²) in [6.07, 6.45) is 2.42. The lowest BCUT2D eigenvalue weighted by Crippen LogP contribution is -2.19. The van der Waals surface area contributed by atoms with Crippen molar-refractivity contribution in [3.05, 3.63) is 54.6 Å².